The molecule has 1 aliphatic rings. The van der Waals surface area contributed by atoms with Gasteiger partial charge in [-0.2, -0.15) is 0 Å². The smallest absolute Gasteiger partial charge is 0.172 e. The summed E-state index contributed by atoms with van der Waals surface area (Å²) >= 11 is 0. The maximum absolute atomic E-state index is 4.21. The summed E-state index contributed by atoms with van der Waals surface area (Å²) < 4.78 is 3.82. The van der Waals surface area contributed by atoms with E-state index in [0.29, 0.717) is 5.84 Å². The summed E-state index contributed by atoms with van der Waals surface area (Å²) in [6.07, 6.45) is 1.72. The van der Waals surface area contributed by atoms with E-state index >= 15 is 0 Å². The minimum atomic E-state index is -0.237. The lowest BCUT2D eigenvalue weighted by molar-refractivity contribution is 1.41. The van der Waals surface area contributed by atoms with Crippen LogP contribution in [0.25, 0.3) is 0 Å². The average Bonchev–Trinajstić information content (AvgIpc) is 2.08. The molecule has 0 aromatic heterocycles. The molecule has 0 fully saturated rings. The second kappa shape index (κ2) is 3.96. The fourth-order valence-corrected chi connectivity index (χ4v) is 1.44. The summed E-state index contributed by atoms with van der Waals surface area (Å²) in [6, 6.07) is 0. The molecular weight excluding hydrogens is 168 g/mol. The van der Waals surface area contributed by atoms with Crippen molar-refractivity contribution in [1.82, 2.24) is 0 Å². The van der Waals surface area contributed by atoms with Crippen LogP contribution in [0, 0.1) is 0 Å². The lowest BCUT2D eigenvalue weighted by Crippen LogP contribution is -2.20. The Bertz CT molecular complexity index is 311. The van der Waals surface area contributed by atoms with Crippen LogP contribution >= 0.6 is 0 Å². The third kappa shape index (κ3) is 1.88. The van der Waals surface area contributed by atoms with E-state index in [0.717, 1.165) is 11.0 Å². The van der Waals surface area contributed by atoms with Gasteiger partial charge in [0.2, 0.25) is 0 Å². The maximum atomic E-state index is 4.21. The van der Waals surface area contributed by atoms with Gasteiger partial charge in [-0.3, -0.25) is 9.98 Å². The fourth-order valence-electron chi connectivity index (χ4n) is 0.816. The van der Waals surface area contributed by atoms with E-state index in [-0.39, 0.29) is 9.29 Å². The van der Waals surface area contributed by atoms with Gasteiger partial charge < -0.3 is 4.66 Å². The third-order valence-electron chi connectivity index (χ3n) is 1.33. The van der Waals surface area contributed by atoms with Gasteiger partial charge in [-0.1, -0.05) is 0 Å². The molecule has 0 aromatic carbocycles. The van der Waals surface area contributed by atoms with Gasteiger partial charge in [0.25, 0.3) is 0 Å². The van der Waals surface area contributed by atoms with Crippen LogP contribution in [0.15, 0.2) is 19.6 Å². The first-order chi connectivity index (χ1) is 5.77. The Labute approximate surface area is 73.4 Å². The molecule has 0 saturated heterocycles. The summed E-state index contributed by atoms with van der Waals surface area (Å²) in [7, 11) is 1.47. The molecule has 1 rings (SSSR count). The van der Waals surface area contributed by atoms with E-state index in [1.54, 1.807) is 13.3 Å². The summed E-state index contributed by atoms with van der Waals surface area (Å²) in [6.45, 7) is 5.32. The van der Waals surface area contributed by atoms with E-state index in [1.165, 1.54) is 0 Å². The molecule has 0 amide bonds. The largest absolute Gasteiger partial charge is 0.314 e. The van der Waals surface area contributed by atoms with Crippen LogP contribution in [0.2, 0.25) is 0 Å². The molecule has 0 bridgehead atoms. The summed E-state index contributed by atoms with van der Waals surface area (Å²) in [5, 5.41) is 0.859. The molecule has 5 heteroatoms. The van der Waals surface area contributed by atoms with Gasteiger partial charge >= 0.3 is 0 Å². The van der Waals surface area contributed by atoms with Gasteiger partial charge in [0.15, 0.2) is 15.1 Å². The van der Waals surface area contributed by atoms with Crippen molar-refractivity contribution in [3.63, 3.8) is 0 Å². The highest BCUT2D eigenvalue weighted by molar-refractivity contribution is 6.74. The molecule has 0 atom stereocenters. The zero-order chi connectivity index (χ0) is 8.97. The van der Waals surface area contributed by atoms with E-state index in [2.05, 4.69) is 26.4 Å². The number of rotatable bonds is 1. The number of hydrogen-bond donors (Lipinski definition) is 0. The first kappa shape index (κ1) is 8.86. The molecule has 1 aliphatic heterocycles. The SMILES string of the molecule is C=N/[SiH]=C1/N=CC(C)=N/C1=N/C. The molecule has 0 saturated carbocycles. The normalized spacial score (nSPS) is 23.0. The van der Waals surface area contributed by atoms with Crippen molar-refractivity contribution in [2.75, 3.05) is 7.05 Å². The number of aliphatic imine (C=N–C) groups is 3. The Hall–Kier alpha value is -1.23. The standard InChI is InChI=1S/C7H10N4Si/c1-5-4-10-7(12-9-3)6(8-2)11-5/h4,12H,3H2,1-2H3/b8-6+,12-7+. The Morgan fingerprint density at radius 1 is 1.58 bits per heavy atom. The molecule has 1 heterocycles. The van der Waals surface area contributed by atoms with Crippen molar-refractivity contribution in [3.8, 4) is 0 Å². The topological polar surface area (TPSA) is 49.4 Å². The maximum Gasteiger partial charge on any atom is 0.172 e. The predicted molar refractivity (Wildman–Crippen MR) is 56.7 cm³/mol. The van der Waals surface area contributed by atoms with Crippen LogP contribution in [0.3, 0.4) is 0 Å². The summed E-state index contributed by atoms with van der Waals surface area (Å²) in [4.78, 5) is 12.4. The van der Waals surface area contributed by atoms with Gasteiger partial charge in [0.05, 0.1) is 5.71 Å². The first-order valence-electron chi connectivity index (χ1n) is 3.50. The molecule has 0 N–H and O–H groups in total. The summed E-state index contributed by atoms with van der Waals surface area (Å²) in [5.41, 5.74) is 0.878. The van der Waals surface area contributed by atoms with Gasteiger partial charge in [0, 0.05) is 13.3 Å². The van der Waals surface area contributed by atoms with Crippen molar-refractivity contribution in [2.24, 2.45) is 19.6 Å². The second-order valence-corrected chi connectivity index (χ2v) is 3.43. The number of nitrogens with zero attached hydrogens (tertiary/aromatic N) is 4. The molecule has 0 aliphatic carbocycles. The number of amidine groups is 1. The third-order valence-corrected chi connectivity index (χ3v) is 2.16. The highest BCUT2D eigenvalue weighted by atomic mass is 28.2. The number of hydrogen-bond acceptors (Lipinski definition) is 3. The van der Waals surface area contributed by atoms with Crippen LogP contribution in [0.5, 0.6) is 0 Å². The van der Waals surface area contributed by atoms with E-state index in [9.17, 15) is 0 Å². The Balaban J connectivity index is 3.03. The molecular formula is C7H10N4Si. The lowest BCUT2D eigenvalue weighted by Gasteiger charge is -2.05. The Kier molecular flexibility index (Phi) is 2.92. The summed E-state index contributed by atoms with van der Waals surface area (Å²) in [5.74, 6) is 0.692. The molecule has 62 valence electrons. The Morgan fingerprint density at radius 3 is 2.92 bits per heavy atom. The molecule has 12 heavy (non-hydrogen) atoms. The minimum absolute atomic E-state index is 0.237. The monoisotopic (exact) mass is 178 g/mol. The lowest BCUT2D eigenvalue weighted by atomic mass is 10.4. The highest BCUT2D eigenvalue weighted by Gasteiger charge is 2.07. The molecule has 0 unspecified atom stereocenters. The molecule has 0 aromatic rings. The predicted octanol–water partition coefficient (Wildman–Crippen LogP) is -0.258. The minimum Gasteiger partial charge on any atom is -0.314 e. The zero-order valence-electron chi connectivity index (χ0n) is 7.15. The van der Waals surface area contributed by atoms with E-state index in [4.69, 9.17) is 0 Å². The Morgan fingerprint density at radius 2 is 2.33 bits per heavy atom. The van der Waals surface area contributed by atoms with E-state index in [1.807, 2.05) is 6.92 Å². The average molecular weight is 178 g/mol. The van der Waals surface area contributed by atoms with Crippen molar-refractivity contribution in [3.05, 3.63) is 0 Å². The first-order valence-corrected chi connectivity index (χ1v) is 4.60. The van der Waals surface area contributed by atoms with Gasteiger partial charge in [0.1, 0.15) is 5.29 Å². The second-order valence-electron chi connectivity index (χ2n) is 2.26. The molecule has 0 spiro atoms. The van der Waals surface area contributed by atoms with Crippen molar-refractivity contribution >= 4 is 39.1 Å². The van der Waals surface area contributed by atoms with Crippen LogP contribution in [0.4, 0.5) is 0 Å². The van der Waals surface area contributed by atoms with Crippen LogP contribution < -0.4 is 0 Å². The van der Waals surface area contributed by atoms with Crippen LogP contribution in [-0.2, 0) is 0 Å². The zero-order valence-corrected chi connectivity index (χ0v) is 8.31. The van der Waals surface area contributed by atoms with Crippen molar-refractivity contribution in [2.45, 2.75) is 6.92 Å². The van der Waals surface area contributed by atoms with Gasteiger partial charge in [-0.05, 0) is 13.6 Å². The van der Waals surface area contributed by atoms with Crippen LogP contribution in [0.1, 0.15) is 6.92 Å². The quantitative estimate of drug-likeness (QED) is 0.392. The van der Waals surface area contributed by atoms with E-state index < -0.39 is 0 Å². The van der Waals surface area contributed by atoms with Gasteiger partial charge in [-0.15, -0.1) is 0 Å². The van der Waals surface area contributed by atoms with Crippen molar-refractivity contribution in [1.29, 1.82) is 0 Å². The van der Waals surface area contributed by atoms with Crippen molar-refractivity contribution < 1.29 is 0 Å². The van der Waals surface area contributed by atoms with Crippen LogP contribution in [-0.4, -0.2) is 46.1 Å². The molecule has 0 radical (unpaired) electrons. The highest BCUT2D eigenvalue weighted by Crippen LogP contribution is 1.93. The van der Waals surface area contributed by atoms with Gasteiger partial charge in [-0.25, -0.2) is 4.99 Å². The fraction of sp³-hybridized carbons (Fsp3) is 0.286. The molecule has 4 nitrogen and oxygen atoms in total.